The first-order chi connectivity index (χ1) is 17.8. The summed E-state index contributed by atoms with van der Waals surface area (Å²) in [7, 11) is 0. The van der Waals surface area contributed by atoms with Crippen LogP contribution in [0.4, 0.5) is 0 Å². The molecule has 2 N–H and O–H groups in total. The highest BCUT2D eigenvalue weighted by Gasteiger charge is 2.42. The van der Waals surface area contributed by atoms with Crippen LogP contribution in [0, 0.1) is 13.8 Å². The molecule has 0 bridgehead atoms. The summed E-state index contributed by atoms with van der Waals surface area (Å²) in [6.07, 6.45) is 4.74. The van der Waals surface area contributed by atoms with Crippen LogP contribution >= 0.6 is 0 Å². The highest BCUT2D eigenvalue weighted by Crippen LogP contribution is 2.55. The topological polar surface area (TPSA) is 93.1 Å². The number of benzene rings is 3. The molecule has 0 saturated heterocycles. The van der Waals surface area contributed by atoms with Crippen LogP contribution in [0.3, 0.4) is 0 Å². The van der Waals surface area contributed by atoms with Crippen molar-refractivity contribution >= 4 is 22.7 Å². The van der Waals surface area contributed by atoms with E-state index in [1.54, 1.807) is 0 Å². The molecule has 0 aromatic heterocycles. The zero-order valence-electron chi connectivity index (χ0n) is 21.3. The van der Waals surface area contributed by atoms with Gasteiger partial charge in [0, 0.05) is 5.41 Å². The molecule has 3 aromatic carbocycles. The number of hydrogen-bond donors (Lipinski definition) is 2. The van der Waals surface area contributed by atoms with E-state index in [-0.39, 0.29) is 18.6 Å². The fourth-order valence-electron chi connectivity index (χ4n) is 5.52. The third-order valence-corrected chi connectivity index (χ3v) is 8.00. The van der Waals surface area contributed by atoms with E-state index in [0.29, 0.717) is 12.8 Å². The minimum atomic E-state index is -2.25. The van der Waals surface area contributed by atoms with Crippen LogP contribution in [-0.4, -0.2) is 30.7 Å². The molecular weight excluding hydrogens is 508 g/mol. The predicted octanol–water partition coefficient (Wildman–Crippen LogP) is 6.88. The third kappa shape index (κ3) is 6.63. The van der Waals surface area contributed by atoms with Gasteiger partial charge in [-0.3, -0.25) is 17.5 Å². The molecule has 1 aliphatic rings. The van der Waals surface area contributed by atoms with Gasteiger partial charge in [0.15, 0.2) is 0 Å². The molecule has 0 spiro atoms. The smallest absolute Gasteiger partial charge is 0.284 e. The Bertz CT molecular complexity index is 1250. The van der Waals surface area contributed by atoms with Gasteiger partial charge in [0.1, 0.15) is 0 Å². The summed E-state index contributed by atoms with van der Waals surface area (Å²) in [4.78, 5) is 0. The van der Waals surface area contributed by atoms with Crippen molar-refractivity contribution in [3.63, 3.8) is 0 Å². The molecule has 0 saturated carbocycles. The van der Waals surface area contributed by atoms with Gasteiger partial charge in [-0.05, 0) is 91.8 Å². The van der Waals surface area contributed by atoms with Crippen molar-refractivity contribution in [3.8, 4) is 22.3 Å². The van der Waals surface area contributed by atoms with Gasteiger partial charge in [-0.15, -0.1) is 0 Å². The molecule has 3 aromatic rings. The van der Waals surface area contributed by atoms with Gasteiger partial charge in [0.25, 0.3) is 0 Å². The van der Waals surface area contributed by atoms with Crippen LogP contribution in [0.5, 0.6) is 0 Å². The van der Waals surface area contributed by atoms with Crippen molar-refractivity contribution in [2.75, 3.05) is 13.2 Å². The molecule has 37 heavy (non-hydrogen) atoms. The van der Waals surface area contributed by atoms with Gasteiger partial charge in [-0.2, -0.15) is 8.42 Å². The number of hydrogen-bond acceptors (Lipinski definition) is 4. The molecular formula is C29H34O6S2. The quantitative estimate of drug-likeness (QED) is 0.181. The molecule has 0 amide bonds. The molecule has 8 heteroatoms. The second kappa shape index (κ2) is 12.6. The molecule has 0 radical (unpaired) electrons. The van der Waals surface area contributed by atoms with Crippen molar-refractivity contribution < 1.29 is 25.9 Å². The Labute approximate surface area is 224 Å². The average Bonchev–Trinajstić information content (AvgIpc) is 3.12. The zero-order valence-corrected chi connectivity index (χ0v) is 22.9. The van der Waals surface area contributed by atoms with Crippen molar-refractivity contribution in [3.05, 3.63) is 82.9 Å². The summed E-state index contributed by atoms with van der Waals surface area (Å²) in [5.74, 6) is 0. The minimum absolute atomic E-state index is 0.228. The standard InChI is InChI=1S/C29H34O6S2/c1-21-7-10-23(11-8-21)24-12-14-26-25-13-9-22(2)19-27(25)29(28(26)20-24,15-3-5-17-34-36(30)31)16-4-6-18-35-37(32)33/h7-14,19-20H,3-6,15-18H2,1-2H3,(H,30,31)(H,32,33). The maximum absolute atomic E-state index is 10.9. The molecule has 1 aliphatic carbocycles. The van der Waals surface area contributed by atoms with Gasteiger partial charge in [0.2, 0.25) is 0 Å². The zero-order chi connectivity index (χ0) is 26.4. The Balaban J connectivity index is 1.72. The number of fused-ring (bicyclic) bond motifs is 3. The number of rotatable bonds is 13. The summed E-state index contributed by atoms with van der Waals surface area (Å²) >= 11 is -4.51. The Hall–Kier alpha value is -2.20. The van der Waals surface area contributed by atoms with E-state index in [2.05, 4.69) is 74.5 Å². The third-order valence-electron chi connectivity index (χ3n) is 7.26. The maximum Gasteiger partial charge on any atom is 0.301 e. The first kappa shape index (κ1) is 27.8. The van der Waals surface area contributed by atoms with E-state index in [1.807, 2.05) is 0 Å². The van der Waals surface area contributed by atoms with Crippen molar-refractivity contribution in [1.82, 2.24) is 0 Å². The minimum Gasteiger partial charge on any atom is -0.284 e. The van der Waals surface area contributed by atoms with Crippen LogP contribution in [0.1, 0.15) is 60.8 Å². The maximum atomic E-state index is 10.9. The summed E-state index contributed by atoms with van der Waals surface area (Å²) in [6.45, 7) is 4.65. The first-order valence-corrected chi connectivity index (χ1v) is 14.7. The van der Waals surface area contributed by atoms with E-state index in [9.17, 15) is 8.42 Å². The summed E-state index contributed by atoms with van der Waals surface area (Å²) in [6, 6.07) is 22.0. The molecule has 6 nitrogen and oxygen atoms in total. The second-order valence-electron chi connectivity index (χ2n) is 9.75. The van der Waals surface area contributed by atoms with Crippen molar-refractivity contribution in [2.45, 2.75) is 57.8 Å². The van der Waals surface area contributed by atoms with E-state index in [0.717, 1.165) is 25.7 Å². The SMILES string of the molecule is Cc1ccc(-c2ccc3c(c2)C(CCCCOS(=O)O)(CCCCOS(=O)O)c2cc(C)ccc2-3)cc1. The van der Waals surface area contributed by atoms with E-state index < -0.39 is 22.7 Å². The fraction of sp³-hybridized carbons (Fsp3) is 0.379. The van der Waals surface area contributed by atoms with Crippen LogP contribution in [0.25, 0.3) is 22.3 Å². The van der Waals surface area contributed by atoms with Crippen LogP contribution < -0.4 is 0 Å². The highest BCUT2D eigenvalue weighted by molar-refractivity contribution is 7.74. The molecule has 4 rings (SSSR count). The van der Waals surface area contributed by atoms with Crippen LogP contribution in [0.2, 0.25) is 0 Å². The lowest BCUT2D eigenvalue weighted by molar-refractivity contribution is 0.281. The summed E-state index contributed by atoms with van der Waals surface area (Å²) in [5, 5.41) is 0. The lowest BCUT2D eigenvalue weighted by Gasteiger charge is -2.33. The lowest BCUT2D eigenvalue weighted by Crippen LogP contribution is -2.26. The number of aryl methyl sites for hydroxylation is 2. The van der Waals surface area contributed by atoms with Gasteiger partial charge in [-0.25, -0.2) is 0 Å². The molecule has 2 unspecified atom stereocenters. The van der Waals surface area contributed by atoms with E-state index in [1.165, 1.54) is 44.5 Å². The Morgan fingerprint density at radius 3 is 1.70 bits per heavy atom. The van der Waals surface area contributed by atoms with E-state index in [4.69, 9.17) is 17.5 Å². The van der Waals surface area contributed by atoms with Gasteiger partial charge in [0.05, 0.1) is 13.2 Å². The van der Waals surface area contributed by atoms with Gasteiger partial charge in [-0.1, -0.05) is 65.7 Å². The number of unbranched alkanes of at least 4 members (excludes halogenated alkanes) is 2. The summed E-state index contributed by atoms with van der Waals surface area (Å²) in [5.41, 5.74) is 9.62. The Kier molecular flexibility index (Phi) is 9.45. The second-order valence-corrected chi connectivity index (χ2v) is 11.1. The lowest BCUT2D eigenvalue weighted by atomic mass is 9.70. The molecule has 0 fully saturated rings. The molecule has 0 heterocycles. The molecule has 0 aliphatic heterocycles. The normalized spacial score (nSPS) is 17.8. The van der Waals surface area contributed by atoms with Crippen LogP contribution in [0.15, 0.2) is 60.7 Å². The first-order valence-electron chi connectivity index (χ1n) is 12.6. The van der Waals surface area contributed by atoms with Gasteiger partial charge >= 0.3 is 22.7 Å². The highest BCUT2D eigenvalue weighted by atomic mass is 32.2. The van der Waals surface area contributed by atoms with Crippen molar-refractivity contribution in [2.24, 2.45) is 0 Å². The van der Waals surface area contributed by atoms with Crippen LogP contribution in [-0.2, 0) is 36.5 Å². The monoisotopic (exact) mass is 542 g/mol. The predicted molar refractivity (Wildman–Crippen MR) is 149 cm³/mol. The Morgan fingerprint density at radius 2 is 1.14 bits per heavy atom. The van der Waals surface area contributed by atoms with Gasteiger partial charge < -0.3 is 0 Å². The largest absolute Gasteiger partial charge is 0.301 e. The Morgan fingerprint density at radius 1 is 0.649 bits per heavy atom. The molecule has 198 valence electrons. The van der Waals surface area contributed by atoms with Crippen molar-refractivity contribution in [1.29, 1.82) is 0 Å². The molecule has 2 atom stereocenters. The fourth-order valence-corrected chi connectivity index (χ4v) is 6.04. The van der Waals surface area contributed by atoms with E-state index >= 15 is 0 Å². The average molecular weight is 543 g/mol. The summed E-state index contributed by atoms with van der Waals surface area (Å²) < 4.78 is 49.5.